The monoisotopic (exact) mass is 399 g/mol. The van der Waals surface area contributed by atoms with Gasteiger partial charge in [-0.15, -0.1) is 0 Å². The molecule has 0 aliphatic heterocycles. The summed E-state index contributed by atoms with van der Waals surface area (Å²) in [7, 11) is 0. The van der Waals surface area contributed by atoms with E-state index in [1.807, 2.05) is 0 Å². The van der Waals surface area contributed by atoms with Crippen LogP contribution < -0.4 is 5.32 Å². The minimum Gasteiger partial charge on any atom is -0.501 e. The molecule has 1 aromatic rings. The Hall–Kier alpha value is -2.05. The normalized spacial score (nSPS) is 13.9. The molecule has 0 bridgehead atoms. The topological polar surface area (TPSA) is 81.7 Å². The summed E-state index contributed by atoms with van der Waals surface area (Å²) in [5, 5.41) is 2.56. The molecule has 1 fully saturated rings. The molecule has 6 nitrogen and oxygen atoms in total. The van der Waals surface area contributed by atoms with Crippen molar-refractivity contribution in [3.8, 4) is 0 Å². The van der Waals surface area contributed by atoms with Gasteiger partial charge < -0.3 is 9.47 Å². The standard InChI is InChI=1S/C18H19Cl2NO5/c1-3-25-9-12(16(22)10-5-6-10)17(23)11-7-8-13(19)14(20)15(11)21-18(24)26-4-2/h7-10H,3-6H2,1-2H3,(H,21,24)/b12-9-. The van der Waals surface area contributed by atoms with Gasteiger partial charge in [0.05, 0.1) is 35.2 Å². The van der Waals surface area contributed by atoms with E-state index < -0.39 is 11.9 Å². The van der Waals surface area contributed by atoms with E-state index in [1.54, 1.807) is 13.8 Å². The molecule has 1 aliphatic rings. The number of nitrogens with one attached hydrogen (secondary N) is 1. The second kappa shape index (κ2) is 9.05. The summed E-state index contributed by atoms with van der Waals surface area (Å²) in [5.74, 6) is -1.05. The van der Waals surface area contributed by atoms with Crippen LogP contribution >= 0.6 is 23.2 Å². The number of amides is 1. The fourth-order valence-electron chi connectivity index (χ4n) is 2.23. The van der Waals surface area contributed by atoms with Gasteiger partial charge in [0, 0.05) is 11.5 Å². The summed E-state index contributed by atoms with van der Waals surface area (Å²) >= 11 is 12.2. The minimum atomic E-state index is -0.783. The van der Waals surface area contributed by atoms with Crippen LogP contribution in [0.15, 0.2) is 24.0 Å². The van der Waals surface area contributed by atoms with Gasteiger partial charge in [-0.1, -0.05) is 23.2 Å². The van der Waals surface area contributed by atoms with E-state index in [-0.39, 0.29) is 45.2 Å². The van der Waals surface area contributed by atoms with E-state index in [2.05, 4.69) is 5.32 Å². The fourth-order valence-corrected chi connectivity index (χ4v) is 2.60. The predicted octanol–water partition coefficient (Wildman–Crippen LogP) is 4.64. The van der Waals surface area contributed by atoms with Gasteiger partial charge in [0.1, 0.15) is 5.57 Å². The van der Waals surface area contributed by atoms with Gasteiger partial charge in [-0.25, -0.2) is 4.79 Å². The first kappa shape index (κ1) is 20.3. The number of halogens is 2. The molecule has 0 spiro atoms. The Kier molecular flexibility index (Phi) is 7.06. The molecule has 8 heteroatoms. The number of ketones is 2. The smallest absolute Gasteiger partial charge is 0.411 e. The highest BCUT2D eigenvalue weighted by Gasteiger charge is 2.36. The number of Topliss-reactive ketones (excluding diaryl/α,β-unsaturated/α-hetero) is 2. The Morgan fingerprint density at radius 2 is 1.88 bits per heavy atom. The lowest BCUT2D eigenvalue weighted by atomic mass is 9.97. The number of hydrogen-bond donors (Lipinski definition) is 1. The Balaban J connectivity index is 2.43. The molecule has 0 radical (unpaired) electrons. The van der Waals surface area contributed by atoms with Crippen LogP contribution in [-0.4, -0.2) is 30.9 Å². The molecule has 0 saturated heterocycles. The number of allylic oxidation sites excluding steroid dienone is 1. The molecule has 1 aromatic carbocycles. The van der Waals surface area contributed by atoms with Crippen molar-refractivity contribution in [1.29, 1.82) is 0 Å². The van der Waals surface area contributed by atoms with Crippen LogP contribution in [0.4, 0.5) is 10.5 Å². The molecule has 26 heavy (non-hydrogen) atoms. The molecule has 1 aliphatic carbocycles. The first-order valence-corrected chi connectivity index (χ1v) is 8.98. The zero-order valence-corrected chi connectivity index (χ0v) is 15.9. The summed E-state index contributed by atoms with van der Waals surface area (Å²) in [6, 6.07) is 2.82. The molecule has 1 saturated carbocycles. The van der Waals surface area contributed by atoms with E-state index in [0.717, 1.165) is 12.8 Å². The van der Waals surface area contributed by atoms with Crippen molar-refractivity contribution in [2.75, 3.05) is 18.5 Å². The van der Waals surface area contributed by atoms with Crippen LogP contribution in [0, 0.1) is 5.92 Å². The third kappa shape index (κ3) is 4.77. The summed E-state index contributed by atoms with van der Waals surface area (Å²) in [6.07, 6.45) is 1.87. The van der Waals surface area contributed by atoms with Crippen molar-refractivity contribution >= 4 is 46.5 Å². The van der Waals surface area contributed by atoms with Gasteiger partial charge in [-0.3, -0.25) is 14.9 Å². The van der Waals surface area contributed by atoms with Crippen LogP contribution in [0.2, 0.25) is 10.0 Å². The van der Waals surface area contributed by atoms with Crippen LogP contribution in [0.25, 0.3) is 0 Å². The molecule has 0 unspecified atom stereocenters. The average Bonchev–Trinajstić information content (AvgIpc) is 3.44. The Morgan fingerprint density at radius 1 is 1.19 bits per heavy atom. The number of ether oxygens (including phenoxy) is 2. The van der Waals surface area contributed by atoms with E-state index >= 15 is 0 Å². The number of benzene rings is 1. The lowest BCUT2D eigenvalue weighted by molar-refractivity contribution is -0.116. The van der Waals surface area contributed by atoms with Crippen LogP contribution in [-0.2, 0) is 14.3 Å². The third-order valence-electron chi connectivity index (χ3n) is 3.67. The van der Waals surface area contributed by atoms with Crippen molar-refractivity contribution in [3.05, 3.63) is 39.6 Å². The van der Waals surface area contributed by atoms with Gasteiger partial charge in [0.25, 0.3) is 0 Å². The summed E-state index contributed by atoms with van der Waals surface area (Å²) in [5.41, 5.74) is -0.0549. The summed E-state index contributed by atoms with van der Waals surface area (Å²) in [4.78, 5) is 37.3. The Bertz CT molecular complexity index is 756. The SMILES string of the molecule is CCO/C=C(\C(=O)c1ccc(Cl)c(Cl)c1NC(=O)OCC)C(=O)C1CC1. The first-order chi connectivity index (χ1) is 12.4. The summed E-state index contributed by atoms with van der Waals surface area (Å²) in [6.45, 7) is 3.84. The molecule has 2 rings (SSSR count). The predicted molar refractivity (Wildman–Crippen MR) is 98.9 cm³/mol. The van der Waals surface area contributed by atoms with E-state index in [4.69, 9.17) is 32.7 Å². The van der Waals surface area contributed by atoms with Gasteiger partial charge in [0.15, 0.2) is 5.78 Å². The maximum absolute atomic E-state index is 13.0. The molecule has 1 N–H and O–H groups in total. The van der Waals surface area contributed by atoms with Crippen molar-refractivity contribution < 1.29 is 23.9 Å². The molecular weight excluding hydrogens is 381 g/mol. The lowest BCUT2D eigenvalue weighted by Crippen LogP contribution is -2.20. The molecule has 0 atom stereocenters. The second-order valence-corrected chi connectivity index (χ2v) is 6.37. The zero-order chi connectivity index (χ0) is 19.3. The molecule has 0 aromatic heterocycles. The Morgan fingerprint density at radius 3 is 2.46 bits per heavy atom. The fraction of sp³-hybridized carbons (Fsp3) is 0.389. The van der Waals surface area contributed by atoms with Crippen LogP contribution in [0.1, 0.15) is 37.0 Å². The van der Waals surface area contributed by atoms with Gasteiger partial charge in [-0.2, -0.15) is 0 Å². The average molecular weight is 400 g/mol. The van der Waals surface area contributed by atoms with Crippen molar-refractivity contribution in [3.63, 3.8) is 0 Å². The molecule has 140 valence electrons. The van der Waals surface area contributed by atoms with Crippen LogP contribution in [0.3, 0.4) is 0 Å². The van der Waals surface area contributed by atoms with Gasteiger partial charge >= 0.3 is 6.09 Å². The molecular formula is C18H19Cl2NO5. The first-order valence-electron chi connectivity index (χ1n) is 8.23. The van der Waals surface area contributed by atoms with Crippen molar-refractivity contribution in [1.82, 2.24) is 0 Å². The second-order valence-electron chi connectivity index (χ2n) is 5.58. The number of carbonyl (C=O) groups excluding carboxylic acids is 3. The summed E-state index contributed by atoms with van der Waals surface area (Å²) < 4.78 is 10.0. The number of carbonyl (C=O) groups is 3. The third-order valence-corrected chi connectivity index (χ3v) is 4.47. The highest BCUT2D eigenvalue weighted by molar-refractivity contribution is 6.45. The molecule has 0 heterocycles. The van der Waals surface area contributed by atoms with Crippen molar-refractivity contribution in [2.24, 2.45) is 5.92 Å². The number of anilines is 1. The highest BCUT2D eigenvalue weighted by atomic mass is 35.5. The zero-order valence-electron chi connectivity index (χ0n) is 14.4. The quantitative estimate of drug-likeness (QED) is 0.226. The largest absolute Gasteiger partial charge is 0.501 e. The van der Waals surface area contributed by atoms with Gasteiger partial charge in [0.2, 0.25) is 5.78 Å². The van der Waals surface area contributed by atoms with E-state index in [9.17, 15) is 14.4 Å². The number of rotatable bonds is 8. The van der Waals surface area contributed by atoms with Crippen LogP contribution in [0.5, 0.6) is 0 Å². The maximum Gasteiger partial charge on any atom is 0.411 e. The Labute approximate surface area is 161 Å². The van der Waals surface area contributed by atoms with E-state index in [0.29, 0.717) is 6.61 Å². The van der Waals surface area contributed by atoms with Gasteiger partial charge in [-0.05, 0) is 38.8 Å². The van der Waals surface area contributed by atoms with E-state index in [1.165, 1.54) is 18.4 Å². The molecule has 1 amide bonds. The maximum atomic E-state index is 13.0. The lowest BCUT2D eigenvalue weighted by Gasteiger charge is -2.14. The highest BCUT2D eigenvalue weighted by Crippen LogP contribution is 2.37. The minimum absolute atomic E-state index is 0.00591. The van der Waals surface area contributed by atoms with Crippen molar-refractivity contribution in [2.45, 2.75) is 26.7 Å². The number of hydrogen-bond acceptors (Lipinski definition) is 5.